The molecule has 4 rings (SSSR count). The zero-order valence-corrected chi connectivity index (χ0v) is 21.2. The Morgan fingerprint density at radius 3 is 1.75 bits per heavy atom. The molecule has 0 bridgehead atoms. The molecule has 32 heavy (non-hydrogen) atoms. The molecule has 0 unspecified atom stereocenters. The second-order valence-electron chi connectivity index (χ2n) is 11.7. The van der Waals surface area contributed by atoms with Crippen molar-refractivity contribution in [3.05, 3.63) is 34.9 Å². The van der Waals surface area contributed by atoms with Crippen LogP contribution >= 0.6 is 0 Å². The standard InChI is InChI=1S/C31H50O/c1-3-5-6-7-23-8-21-31(24(4-2)22-23)29-15-13-27(14-16-29)25-9-11-26(12-10-25)28-17-19-30(32)20-18-28/h8,21-22,25-30,32H,3-7,9-20H2,1-2H3. The Morgan fingerprint density at radius 2 is 1.22 bits per heavy atom. The number of aryl methyl sites for hydroxylation is 2. The van der Waals surface area contributed by atoms with Crippen LogP contribution in [0.25, 0.3) is 0 Å². The first-order valence-corrected chi connectivity index (χ1v) is 14.5. The minimum Gasteiger partial charge on any atom is -0.393 e. The van der Waals surface area contributed by atoms with E-state index in [-0.39, 0.29) is 6.10 Å². The highest BCUT2D eigenvalue weighted by molar-refractivity contribution is 5.35. The molecule has 0 aromatic heterocycles. The van der Waals surface area contributed by atoms with Gasteiger partial charge >= 0.3 is 0 Å². The third-order valence-corrected chi connectivity index (χ3v) is 9.76. The van der Waals surface area contributed by atoms with Crippen molar-refractivity contribution in [2.45, 2.75) is 135 Å². The third kappa shape index (κ3) is 6.19. The van der Waals surface area contributed by atoms with E-state index in [1.54, 1.807) is 16.7 Å². The second kappa shape index (κ2) is 12.0. The summed E-state index contributed by atoms with van der Waals surface area (Å²) in [5.41, 5.74) is 4.89. The van der Waals surface area contributed by atoms with E-state index in [1.165, 1.54) is 96.3 Å². The monoisotopic (exact) mass is 438 g/mol. The molecule has 1 N–H and O–H groups in total. The Hall–Kier alpha value is -0.820. The molecule has 1 nitrogen and oxygen atoms in total. The number of aliphatic hydroxyl groups is 1. The van der Waals surface area contributed by atoms with Gasteiger partial charge in [-0.05, 0) is 143 Å². The average molecular weight is 439 g/mol. The van der Waals surface area contributed by atoms with E-state index >= 15 is 0 Å². The van der Waals surface area contributed by atoms with Crippen molar-refractivity contribution in [2.75, 3.05) is 0 Å². The average Bonchev–Trinajstić information content (AvgIpc) is 2.85. The number of rotatable bonds is 8. The molecular weight excluding hydrogens is 388 g/mol. The van der Waals surface area contributed by atoms with Crippen molar-refractivity contribution in [3.63, 3.8) is 0 Å². The molecule has 0 atom stereocenters. The van der Waals surface area contributed by atoms with E-state index in [0.29, 0.717) is 0 Å². The molecule has 3 fully saturated rings. The fourth-order valence-electron chi connectivity index (χ4n) is 7.66. The van der Waals surface area contributed by atoms with Gasteiger partial charge in [0.25, 0.3) is 0 Å². The molecular formula is C31H50O. The van der Waals surface area contributed by atoms with Crippen LogP contribution in [0.4, 0.5) is 0 Å². The van der Waals surface area contributed by atoms with Gasteiger partial charge in [-0.3, -0.25) is 0 Å². The highest BCUT2D eigenvalue weighted by Gasteiger charge is 2.34. The molecule has 3 saturated carbocycles. The Bertz CT molecular complexity index is 670. The van der Waals surface area contributed by atoms with Crippen LogP contribution in [-0.4, -0.2) is 11.2 Å². The zero-order valence-electron chi connectivity index (χ0n) is 21.2. The summed E-state index contributed by atoms with van der Waals surface area (Å²) in [6, 6.07) is 7.50. The summed E-state index contributed by atoms with van der Waals surface area (Å²) >= 11 is 0. The fraction of sp³-hybridized carbons (Fsp3) is 0.806. The molecule has 0 amide bonds. The normalized spacial score (nSPS) is 33.8. The van der Waals surface area contributed by atoms with Crippen molar-refractivity contribution < 1.29 is 5.11 Å². The summed E-state index contributed by atoms with van der Waals surface area (Å²) < 4.78 is 0. The minimum absolute atomic E-state index is 0.00302. The van der Waals surface area contributed by atoms with Gasteiger partial charge in [-0.25, -0.2) is 0 Å². The van der Waals surface area contributed by atoms with E-state index < -0.39 is 0 Å². The molecule has 1 aromatic rings. The van der Waals surface area contributed by atoms with Crippen LogP contribution in [0.1, 0.15) is 133 Å². The number of hydrogen-bond donors (Lipinski definition) is 1. The van der Waals surface area contributed by atoms with Crippen LogP contribution in [0.2, 0.25) is 0 Å². The largest absolute Gasteiger partial charge is 0.393 e. The maximum atomic E-state index is 9.83. The number of hydrogen-bond acceptors (Lipinski definition) is 1. The Morgan fingerprint density at radius 1 is 0.688 bits per heavy atom. The van der Waals surface area contributed by atoms with Gasteiger partial charge in [-0.1, -0.05) is 44.9 Å². The first-order chi connectivity index (χ1) is 15.7. The van der Waals surface area contributed by atoms with E-state index in [2.05, 4.69) is 32.0 Å². The molecule has 1 heteroatoms. The number of benzene rings is 1. The maximum absolute atomic E-state index is 9.83. The lowest BCUT2D eigenvalue weighted by atomic mass is 9.65. The lowest BCUT2D eigenvalue weighted by molar-refractivity contribution is 0.0682. The van der Waals surface area contributed by atoms with Crippen LogP contribution < -0.4 is 0 Å². The smallest absolute Gasteiger partial charge is 0.0540 e. The van der Waals surface area contributed by atoms with Gasteiger partial charge in [0.1, 0.15) is 0 Å². The van der Waals surface area contributed by atoms with E-state index in [9.17, 15) is 5.11 Å². The Kier molecular flexibility index (Phi) is 9.15. The second-order valence-corrected chi connectivity index (χ2v) is 11.7. The molecule has 180 valence electrons. The summed E-state index contributed by atoms with van der Waals surface area (Å²) in [4.78, 5) is 0. The maximum Gasteiger partial charge on any atom is 0.0540 e. The van der Waals surface area contributed by atoms with Crippen molar-refractivity contribution in [2.24, 2.45) is 23.7 Å². The van der Waals surface area contributed by atoms with Crippen LogP contribution in [0.15, 0.2) is 18.2 Å². The first kappa shape index (κ1) is 24.3. The van der Waals surface area contributed by atoms with Gasteiger partial charge in [0.05, 0.1) is 6.10 Å². The van der Waals surface area contributed by atoms with Gasteiger partial charge in [0, 0.05) is 0 Å². The molecule has 0 aliphatic heterocycles. The van der Waals surface area contributed by atoms with Crippen molar-refractivity contribution in [3.8, 4) is 0 Å². The molecule has 0 radical (unpaired) electrons. The van der Waals surface area contributed by atoms with Gasteiger partial charge < -0.3 is 5.11 Å². The third-order valence-electron chi connectivity index (χ3n) is 9.76. The van der Waals surface area contributed by atoms with Crippen LogP contribution in [0, 0.1) is 23.7 Å². The van der Waals surface area contributed by atoms with Gasteiger partial charge in [-0.2, -0.15) is 0 Å². The fourth-order valence-corrected chi connectivity index (χ4v) is 7.66. The predicted molar refractivity (Wildman–Crippen MR) is 137 cm³/mol. The Balaban J connectivity index is 1.25. The lowest BCUT2D eigenvalue weighted by Crippen LogP contribution is -2.30. The lowest BCUT2D eigenvalue weighted by Gasteiger charge is -2.41. The summed E-state index contributed by atoms with van der Waals surface area (Å²) in [5.74, 6) is 4.72. The molecule has 3 aliphatic rings. The van der Waals surface area contributed by atoms with Crippen LogP contribution in [0.3, 0.4) is 0 Å². The molecule has 0 spiro atoms. The summed E-state index contributed by atoms with van der Waals surface area (Å²) in [5, 5.41) is 9.83. The van der Waals surface area contributed by atoms with Gasteiger partial charge in [-0.15, -0.1) is 0 Å². The summed E-state index contributed by atoms with van der Waals surface area (Å²) in [7, 11) is 0. The molecule has 3 aliphatic carbocycles. The van der Waals surface area contributed by atoms with E-state index in [4.69, 9.17) is 0 Å². The Labute approximate surface area is 198 Å². The quantitative estimate of drug-likeness (QED) is 0.403. The van der Waals surface area contributed by atoms with Gasteiger partial charge in [0.15, 0.2) is 0 Å². The SMILES string of the molecule is CCCCCc1ccc(C2CCC(C3CCC(C4CCC(O)CC4)CC3)CC2)c(CC)c1. The topological polar surface area (TPSA) is 20.2 Å². The summed E-state index contributed by atoms with van der Waals surface area (Å²) in [6.07, 6.45) is 22.9. The van der Waals surface area contributed by atoms with E-state index in [0.717, 1.165) is 42.4 Å². The predicted octanol–water partition coefficient (Wildman–Crippen LogP) is 8.61. The van der Waals surface area contributed by atoms with Crippen LogP contribution in [0.5, 0.6) is 0 Å². The van der Waals surface area contributed by atoms with Crippen molar-refractivity contribution in [1.82, 2.24) is 0 Å². The van der Waals surface area contributed by atoms with Crippen LogP contribution in [-0.2, 0) is 12.8 Å². The van der Waals surface area contributed by atoms with Gasteiger partial charge in [0.2, 0.25) is 0 Å². The molecule has 0 heterocycles. The first-order valence-electron chi connectivity index (χ1n) is 14.5. The molecule has 0 saturated heterocycles. The zero-order chi connectivity index (χ0) is 22.3. The summed E-state index contributed by atoms with van der Waals surface area (Å²) in [6.45, 7) is 4.65. The number of unbranched alkanes of at least 4 members (excludes halogenated alkanes) is 2. The highest BCUT2D eigenvalue weighted by atomic mass is 16.3. The highest BCUT2D eigenvalue weighted by Crippen LogP contribution is 2.47. The van der Waals surface area contributed by atoms with E-state index in [1.807, 2.05) is 0 Å². The number of aliphatic hydroxyl groups excluding tert-OH is 1. The van der Waals surface area contributed by atoms with Crippen molar-refractivity contribution in [1.29, 1.82) is 0 Å². The minimum atomic E-state index is 0.00302. The van der Waals surface area contributed by atoms with Crippen molar-refractivity contribution >= 4 is 0 Å². The molecule has 1 aromatic carbocycles.